The number of carbonyl (C=O) groups is 1. The minimum Gasteiger partial charge on any atom is -0.383 e. The number of aliphatic hydroxyl groups excluding tert-OH is 1. The van der Waals surface area contributed by atoms with Crippen LogP contribution in [0.5, 0.6) is 0 Å². The number of aryl methyl sites for hydroxylation is 2. The number of piperidine rings is 1. The highest BCUT2D eigenvalue weighted by Crippen LogP contribution is 2.31. The molecule has 0 saturated carbocycles. The minimum atomic E-state index is -0.913. The van der Waals surface area contributed by atoms with Gasteiger partial charge in [-0.1, -0.05) is 43.7 Å². The molecule has 6 nitrogen and oxygen atoms in total. The number of aromatic nitrogens is 2. The summed E-state index contributed by atoms with van der Waals surface area (Å²) in [6.07, 6.45) is 2.02. The van der Waals surface area contributed by atoms with Crippen molar-refractivity contribution in [1.29, 1.82) is 0 Å². The van der Waals surface area contributed by atoms with Gasteiger partial charge in [0, 0.05) is 30.1 Å². The molecular weight excluding hydrogens is 400 g/mol. The molecule has 1 fully saturated rings. The maximum Gasteiger partial charge on any atom is 0.249 e. The molecule has 3 aromatic rings. The second-order valence-electron chi connectivity index (χ2n) is 8.78. The van der Waals surface area contributed by atoms with Crippen LogP contribution < -0.4 is 10.2 Å². The van der Waals surface area contributed by atoms with Crippen LogP contribution in [-0.2, 0) is 4.79 Å². The van der Waals surface area contributed by atoms with Crippen molar-refractivity contribution >= 4 is 22.6 Å². The maximum atomic E-state index is 12.2. The van der Waals surface area contributed by atoms with E-state index in [9.17, 15) is 9.90 Å². The molecule has 1 unspecified atom stereocenters. The number of aliphatic hydroxyl groups is 1. The van der Waals surface area contributed by atoms with Crippen molar-refractivity contribution in [1.82, 2.24) is 15.3 Å². The smallest absolute Gasteiger partial charge is 0.249 e. The largest absolute Gasteiger partial charge is 0.383 e. The quantitative estimate of drug-likeness (QED) is 0.612. The fraction of sp³-hybridized carbons (Fsp3) is 0.423. The molecule has 1 aliphatic rings. The van der Waals surface area contributed by atoms with E-state index < -0.39 is 6.10 Å². The Morgan fingerprint density at radius 1 is 1.16 bits per heavy atom. The molecular formula is C26H32N4O2. The summed E-state index contributed by atoms with van der Waals surface area (Å²) in [5.41, 5.74) is 4.32. The second-order valence-corrected chi connectivity index (χ2v) is 8.78. The molecule has 1 aromatic heterocycles. The summed E-state index contributed by atoms with van der Waals surface area (Å²) < 4.78 is 0. The maximum absolute atomic E-state index is 12.2. The average molecular weight is 433 g/mol. The number of carbonyl (C=O) groups excluding carboxylic acids is 1. The molecule has 0 radical (unpaired) electrons. The van der Waals surface area contributed by atoms with Gasteiger partial charge in [-0.3, -0.25) is 4.79 Å². The van der Waals surface area contributed by atoms with Crippen LogP contribution in [0, 0.1) is 13.8 Å². The van der Waals surface area contributed by atoms with Crippen molar-refractivity contribution in [2.45, 2.75) is 58.6 Å². The van der Waals surface area contributed by atoms with Gasteiger partial charge in [0.05, 0.1) is 5.52 Å². The highest BCUT2D eigenvalue weighted by atomic mass is 16.3. The average Bonchev–Trinajstić information content (AvgIpc) is 2.79. The van der Waals surface area contributed by atoms with Gasteiger partial charge in [-0.25, -0.2) is 9.97 Å². The van der Waals surface area contributed by atoms with Gasteiger partial charge >= 0.3 is 0 Å². The highest BCUT2D eigenvalue weighted by Gasteiger charge is 2.25. The number of rotatable bonds is 6. The van der Waals surface area contributed by atoms with E-state index >= 15 is 0 Å². The molecule has 32 heavy (non-hydrogen) atoms. The van der Waals surface area contributed by atoms with Gasteiger partial charge in [0.1, 0.15) is 11.9 Å². The lowest BCUT2D eigenvalue weighted by molar-refractivity contribution is -0.130. The van der Waals surface area contributed by atoms with Crippen molar-refractivity contribution in [3.63, 3.8) is 0 Å². The molecule has 1 amide bonds. The summed E-state index contributed by atoms with van der Waals surface area (Å²) in [6.45, 7) is 7.72. The number of benzene rings is 2. The van der Waals surface area contributed by atoms with Crippen molar-refractivity contribution in [2.24, 2.45) is 0 Å². The van der Waals surface area contributed by atoms with Crippen LogP contribution in [0.4, 0.5) is 5.82 Å². The van der Waals surface area contributed by atoms with E-state index in [1.165, 1.54) is 5.56 Å². The molecule has 2 heterocycles. The van der Waals surface area contributed by atoms with Crippen LogP contribution in [0.3, 0.4) is 0 Å². The molecule has 0 aliphatic carbocycles. The molecule has 0 bridgehead atoms. The number of hydrogen-bond acceptors (Lipinski definition) is 5. The first-order valence-electron chi connectivity index (χ1n) is 11.5. The Labute approximate surface area is 189 Å². The third-order valence-electron chi connectivity index (χ3n) is 6.22. The third-order valence-corrected chi connectivity index (χ3v) is 6.22. The van der Waals surface area contributed by atoms with Crippen molar-refractivity contribution in [3.05, 3.63) is 53.6 Å². The molecule has 4 rings (SSSR count). The van der Waals surface area contributed by atoms with E-state index in [0.717, 1.165) is 66.0 Å². The van der Waals surface area contributed by atoms with Gasteiger partial charge in [0.15, 0.2) is 5.82 Å². The number of fused-ring (bicyclic) bond motifs is 1. The van der Waals surface area contributed by atoms with Crippen LogP contribution in [0.15, 0.2) is 42.5 Å². The number of amides is 1. The van der Waals surface area contributed by atoms with Gasteiger partial charge in [0.25, 0.3) is 0 Å². The van der Waals surface area contributed by atoms with E-state index in [1.807, 2.05) is 19.1 Å². The number of nitrogens with zero attached hydrogens (tertiary/aromatic N) is 3. The van der Waals surface area contributed by atoms with E-state index in [4.69, 9.17) is 9.97 Å². The van der Waals surface area contributed by atoms with E-state index in [2.05, 4.69) is 54.4 Å². The number of nitrogens with one attached hydrogen (secondary N) is 1. The Balaban J connectivity index is 1.59. The van der Waals surface area contributed by atoms with Gasteiger partial charge in [0.2, 0.25) is 5.91 Å². The van der Waals surface area contributed by atoms with Crippen molar-refractivity contribution < 1.29 is 9.90 Å². The zero-order chi connectivity index (χ0) is 22.7. The lowest BCUT2D eigenvalue weighted by atomic mass is 10.0. The molecule has 0 spiro atoms. The Morgan fingerprint density at radius 2 is 1.91 bits per heavy atom. The van der Waals surface area contributed by atoms with E-state index in [-0.39, 0.29) is 11.9 Å². The predicted octanol–water partition coefficient (Wildman–Crippen LogP) is 4.16. The number of hydrogen-bond donors (Lipinski definition) is 2. The molecule has 168 valence electrons. The molecule has 2 aromatic carbocycles. The molecule has 6 heteroatoms. The molecule has 1 atom stereocenters. The SMILES string of the molecule is CCCC(O)C(=O)NC1CCN(c2nc(-c3ccccc3C)nc3cc(C)ccc23)CC1. The summed E-state index contributed by atoms with van der Waals surface area (Å²) in [7, 11) is 0. The van der Waals surface area contributed by atoms with Crippen molar-refractivity contribution in [3.8, 4) is 11.4 Å². The van der Waals surface area contributed by atoms with Crippen LogP contribution >= 0.6 is 0 Å². The summed E-state index contributed by atoms with van der Waals surface area (Å²) in [4.78, 5) is 24.4. The predicted molar refractivity (Wildman–Crippen MR) is 129 cm³/mol. The fourth-order valence-corrected chi connectivity index (χ4v) is 4.35. The summed E-state index contributed by atoms with van der Waals surface area (Å²) in [5.74, 6) is 1.44. The zero-order valence-corrected chi connectivity index (χ0v) is 19.1. The van der Waals surface area contributed by atoms with Gasteiger partial charge in [-0.15, -0.1) is 0 Å². The van der Waals surface area contributed by atoms with Gasteiger partial charge < -0.3 is 15.3 Å². The number of anilines is 1. The second kappa shape index (κ2) is 9.65. The van der Waals surface area contributed by atoms with Crippen LogP contribution in [0.1, 0.15) is 43.7 Å². The van der Waals surface area contributed by atoms with Crippen LogP contribution in [-0.4, -0.2) is 46.2 Å². The zero-order valence-electron chi connectivity index (χ0n) is 19.1. The standard InChI is InChI=1S/C26H32N4O2/c1-4-7-23(31)26(32)27-19-12-14-30(15-13-19)25-21-11-10-17(2)16-22(21)28-24(29-25)20-9-6-5-8-18(20)3/h5-6,8-11,16,19,23,31H,4,7,12-15H2,1-3H3,(H,27,32). The first-order valence-corrected chi connectivity index (χ1v) is 11.5. The Morgan fingerprint density at radius 3 is 2.62 bits per heavy atom. The Kier molecular flexibility index (Phi) is 6.70. The van der Waals surface area contributed by atoms with Crippen LogP contribution in [0.25, 0.3) is 22.3 Å². The van der Waals surface area contributed by atoms with Crippen molar-refractivity contribution in [2.75, 3.05) is 18.0 Å². The van der Waals surface area contributed by atoms with Gasteiger partial charge in [-0.2, -0.15) is 0 Å². The lowest BCUT2D eigenvalue weighted by Crippen LogP contribution is -2.47. The normalized spacial score (nSPS) is 15.7. The summed E-state index contributed by atoms with van der Waals surface area (Å²) in [6, 6.07) is 14.6. The first-order chi connectivity index (χ1) is 15.5. The molecule has 1 saturated heterocycles. The Bertz CT molecular complexity index is 1110. The van der Waals surface area contributed by atoms with Crippen LogP contribution in [0.2, 0.25) is 0 Å². The Hall–Kier alpha value is -2.99. The van der Waals surface area contributed by atoms with E-state index in [1.54, 1.807) is 0 Å². The topological polar surface area (TPSA) is 78.4 Å². The fourth-order valence-electron chi connectivity index (χ4n) is 4.35. The molecule has 1 aliphatic heterocycles. The highest BCUT2D eigenvalue weighted by molar-refractivity contribution is 5.91. The minimum absolute atomic E-state index is 0.0800. The monoisotopic (exact) mass is 432 g/mol. The lowest BCUT2D eigenvalue weighted by Gasteiger charge is -2.34. The van der Waals surface area contributed by atoms with E-state index in [0.29, 0.717) is 6.42 Å². The summed E-state index contributed by atoms with van der Waals surface area (Å²) >= 11 is 0. The summed E-state index contributed by atoms with van der Waals surface area (Å²) in [5, 5.41) is 14.0. The first kappa shape index (κ1) is 22.2. The molecule has 2 N–H and O–H groups in total. The van der Waals surface area contributed by atoms with Gasteiger partial charge in [-0.05, 0) is 56.4 Å². The third kappa shape index (κ3) is 4.75.